The Hall–Kier alpha value is -1.18. The molecule has 0 spiro atoms. The first-order valence-electron chi connectivity index (χ1n) is 6.26. The van der Waals surface area contributed by atoms with Gasteiger partial charge < -0.3 is 10.5 Å². The van der Waals surface area contributed by atoms with Crippen molar-refractivity contribution in [2.24, 2.45) is 5.92 Å². The van der Waals surface area contributed by atoms with Crippen molar-refractivity contribution in [3.05, 3.63) is 18.3 Å². The van der Waals surface area contributed by atoms with Crippen molar-refractivity contribution in [3.8, 4) is 0 Å². The van der Waals surface area contributed by atoms with Gasteiger partial charge in [0.05, 0.1) is 6.61 Å². The van der Waals surface area contributed by atoms with Gasteiger partial charge in [-0.15, -0.1) is 0 Å². The van der Waals surface area contributed by atoms with Gasteiger partial charge in [-0.1, -0.05) is 0 Å². The molecule has 1 fully saturated rings. The van der Waals surface area contributed by atoms with E-state index in [1.54, 1.807) is 7.05 Å². The molecule has 2 rings (SSSR count). The number of hydrogen-bond donors (Lipinski definition) is 1. The second kappa shape index (κ2) is 5.85. The lowest BCUT2D eigenvalue weighted by Crippen LogP contribution is -2.35. The Morgan fingerprint density at radius 2 is 2.32 bits per heavy atom. The molecule has 0 saturated carbocycles. The molecule has 1 saturated heterocycles. The molecule has 7 heteroatoms. The second-order valence-electron chi connectivity index (χ2n) is 4.79. The summed E-state index contributed by atoms with van der Waals surface area (Å²) in [4.78, 5) is 3.99. The Bertz CT molecular complexity index is 510. The van der Waals surface area contributed by atoms with Gasteiger partial charge >= 0.3 is 0 Å². The summed E-state index contributed by atoms with van der Waals surface area (Å²) in [5, 5.41) is 0. The van der Waals surface area contributed by atoms with Crippen LogP contribution >= 0.6 is 0 Å². The van der Waals surface area contributed by atoms with E-state index in [0.717, 1.165) is 19.4 Å². The number of ether oxygens (including phenoxy) is 1. The van der Waals surface area contributed by atoms with Crippen molar-refractivity contribution in [1.29, 1.82) is 0 Å². The summed E-state index contributed by atoms with van der Waals surface area (Å²) in [7, 11) is -1.91. The largest absolute Gasteiger partial charge is 0.384 e. The maximum Gasteiger partial charge on any atom is 0.244 e. The number of rotatable bonds is 4. The molecule has 0 bridgehead atoms. The fourth-order valence-corrected chi connectivity index (χ4v) is 3.33. The van der Waals surface area contributed by atoms with E-state index >= 15 is 0 Å². The molecule has 6 nitrogen and oxygen atoms in total. The van der Waals surface area contributed by atoms with E-state index in [4.69, 9.17) is 10.5 Å². The molecule has 1 aromatic heterocycles. The summed E-state index contributed by atoms with van der Waals surface area (Å²) in [6.45, 7) is 1.86. The fourth-order valence-electron chi connectivity index (χ4n) is 2.14. The van der Waals surface area contributed by atoms with Crippen molar-refractivity contribution in [3.63, 3.8) is 0 Å². The summed E-state index contributed by atoms with van der Waals surface area (Å²) < 4.78 is 31.4. The molecule has 106 valence electrons. The van der Waals surface area contributed by atoms with E-state index in [1.165, 1.54) is 22.6 Å². The van der Waals surface area contributed by atoms with E-state index in [-0.39, 0.29) is 10.8 Å². The number of sulfonamides is 1. The highest BCUT2D eigenvalue weighted by molar-refractivity contribution is 7.89. The number of nitrogens with zero attached hydrogens (tertiary/aromatic N) is 2. The second-order valence-corrected chi connectivity index (χ2v) is 6.83. The molecule has 0 aromatic carbocycles. The monoisotopic (exact) mass is 285 g/mol. The first kappa shape index (κ1) is 14.2. The number of aromatic nitrogens is 1. The number of nitrogens with two attached hydrogens (primary N) is 1. The Labute approximate surface area is 113 Å². The van der Waals surface area contributed by atoms with E-state index in [0.29, 0.717) is 19.0 Å². The van der Waals surface area contributed by atoms with Crippen LogP contribution in [0.25, 0.3) is 0 Å². The standard InChI is InChI=1S/C12H19N3O3S/c1-15(8-10-3-2-6-18-9-10)19(16,17)11-4-5-12(13)14-7-11/h4-5,7,10H,2-3,6,8-9H2,1H3,(H2,13,14). The zero-order valence-electron chi connectivity index (χ0n) is 10.9. The predicted octanol–water partition coefficient (Wildman–Crippen LogP) is 0.711. The quantitative estimate of drug-likeness (QED) is 0.880. The molecule has 0 radical (unpaired) electrons. The van der Waals surface area contributed by atoms with Gasteiger partial charge in [0.25, 0.3) is 0 Å². The van der Waals surface area contributed by atoms with E-state index in [9.17, 15) is 8.42 Å². The molecule has 0 aliphatic carbocycles. The van der Waals surface area contributed by atoms with Crippen LogP contribution in [-0.4, -0.2) is 44.5 Å². The minimum absolute atomic E-state index is 0.168. The maximum absolute atomic E-state index is 12.3. The topological polar surface area (TPSA) is 85.5 Å². The van der Waals surface area contributed by atoms with Crippen LogP contribution in [0.15, 0.2) is 23.2 Å². The minimum Gasteiger partial charge on any atom is -0.384 e. The molecular formula is C12H19N3O3S. The van der Waals surface area contributed by atoms with Gasteiger partial charge in [-0.25, -0.2) is 17.7 Å². The lowest BCUT2D eigenvalue weighted by atomic mass is 10.0. The van der Waals surface area contributed by atoms with Crippen LogP contribution in [0.3, 0.4) is 0 Å². The zero-order valence-corrected chi connectivity index (χ0v) is 11.8. The van der Waals surface area contributed by atoms with Crippen LogP contribution in [0.2, 0.25) is 0 Å². The van der Waals surface area contributed by atoms with Gasteiger partial charge in [0, 0.05) is 26.4 Å². The van der Waals surface area contributed by atoms with E-state index in [1.807, 2.05) is 0 Å². The van der Waals surface area contributed by atoms with Gasteiger partial charge in [0.1, 0.15) is 10.7 Å². The summed E-state index contributed by atoms with van der Waals surface area (Å²) in [6.07, 6.45) is 3.28. The number of anilines is 1. The van der Waals surface area contributed by atoms with Crippen LogP contribution in [0, 0.1) is 5.92 Å². The minimum atomic E-state index is -3.50. The van der Waals surface area contributed by atoms with Gasteiger partial charge in [0.15, 0.2) is 0 Å². The highest BCUT2D eigenvalue weighted by atomic mass is 32.2. The number of hydrogen-bond acceptors (Lipinski definition) is 5. The highest BCUT2D eigenvalue weighted by Crippen LogP contribution is 2.19. The van der Waals surface area contributed by atoms with Crippen molar-refractivity contribution >= 4 is 15.8 Å². The van der Waals surface area contributed by atoms with Crippen LogP contribution in [-0.2, 0) is 14.8 Å². The third-order valence-corrected chi connectivity index (χ3v) is 5.04. The lowest BCUT2D eigenvalue weighted by Gasteiger charge is -2.26. The molecule has 1 aliphatic heterocycles. The normalized spacial score (nSPS) is 20.6. The van der Waals surface area contributed by atoms with Crippen LogP contribution in [0.5, 0.6) is 0 Å². The Morgan fingerprint density at radius 3 is 2.89 bits per heavy atom. The molecule has 1 aromatic rings. The average Bonchev–Trinajstić information content (AvgIpc) is 2.40. The number of pyridine rings is 1. The Balaban J connectivity index is 2.07. The van der Waals surface area contributed by atoms with Gasteiger partial charge in [0.2, 0.25) is 10.0 Å². The molecule has 2 N–H and O–H groups in total. The van der Waals surface area contributed by atoms with Crippen LogP contribution in [0.1, 0.15) is 12.8 Å². The summed E-state index contributed by atoms with van der Waals surface area (Å²) in [5.74, 6) is 0.567. The maximum atomic E-state index is 12.3. The molecule has 0 amide bonds. The van der Waals surface area contributed by atoms with Crippen molar-refractivity contribution in [2.45, 2.75) is 17.7 Å². The van der Waals surface area contributed by atoms with Crippen molar-refractivity contribution < 1.29 is 13.2 Å². The third-order valence-electron chi connectivity index (χ3n) is 3.24. The average molecular weight is 285 g/mol. The van der Waals surface area contributed by atoms with Gasteiger partial charge in [-0.3, -0.25) is 0 Å². The molecule has 1 aliphatic rings. The molecule has 1 unspecified atom stereocenters. The van der Waals surface area contributed by atoms with E-state index < -0.39 is 10.0 Å². The van der Waals surface area contributed by atoms with Crippen LogP contribution < -0.4 is 5.73 Å². The first-order valence-corrected chi connectivity index (χ1v) is 7.70. The van der Waals surface area contributed by atoms with Crippen LogP contribution in [0.4, 0.5) is 5.82 Å². The summed E-state index contributed by atoms with van der Waals surface area (Å²) >= 11 is 0. The molecule has 19 heavy (non-hydrogen) atoms. The smallest absolute Gasteiger partial charge is 0.244 e. The van der Waals surface area contributed by atoms with Crippen molar-refractivity contribution in [1.82, 2.24) is 9.29 Å². The first-order chi connectivity index (χ1) is 9.00. The fraction of sp³-hybridized carbons (Fsp3) is 0.583. The van der Waals surface area contributed by atoms with Gasteiger partial charge in [-0.05, 0) is 30.9 Å². The number of nitrogen functional groups attached to an aromatic ring is 1. The molecule has 1 atom stereocenters. The predicted molar refractivity (Wildman–Crippen MR) is 72.0 cm³/mol. The Kier molecular flexibility index (Phi) is 4.38. The summed E-state index contributed by atoms with van der Waals surface area (Å²) in [6, 6.07) is 2.97. The third kappa shape index (κ3) is 3.43. The van der Waals surface area contributed by atoms with Gasteiger partial charge in [-0.2, -0.15) is 0 Å². The lowest BCUT2D eigenvalue weighted by molar-refractivity contribution is 0.0495. The zero-order chi connectivity index (χ0) is 13.9. The van der Waals surface area contributed by atoms with E-state index in [2.05, 4.69) is 4.98 Å². The molecule has 2 heterocycles. The van der Waals surface area contributed by atoms with Crippen molar-refractivity contribution in [2.75, 3.05) is 32.5 Å². The molecular weight excluding hydrogens is 266 g/mol. The Morgan fingerprint density at radius 1 is 1.53 bits per heavy atom. The SMILES string of the molecule is CN(CC1CCCOC1)S(=O)(=O)c1ccc(N)nc1. The summed E-state index contributed by atoms with van der Waals surface area (Å²) in [5.41, 5.74) is 5.46. The highest BCUT2D eigenvalue weighted by Gasteiger charge is 2.25.